The lowest BCUT2D eigenvalue weighted by Crippen LogP contribution is -2.47. The molecule has 1 aliphatic carbocycles. The molecule has 0 spiro atoms. The highest BCUT2D eigenvalue weighted by atomic mass is 16.5. The molecule has 2 aliphatic rings. The Balaban J connectivity index is 1.40. The molecule has 0 radical (unpaired) electrons. The van der Waals surface area contributed by atoms with Crippen molar-refractivity contribution in [3.8, 4) is 17.3 Å². The number of hydrogen-bond donors (Lipinski definition) is 0. The largest absolute Gasteiger partial charge is 0.480 e. The molecule has 0 bridgehead atoms. The van der Waals surface area contributed by atoms with E-state index >= 15 is 0 Å². The van der Waals surface area contributed by atoms with Crippen LogP contribution in [0.25, 0.3) is 11.4 Å². The van der Waals surface area contributed by atoms with Gasteiger partial charge in [0, 0.05) is 55.4 Å². The number of piperazine rings is 1. The Kier molecular flexibility index (Phi) is 4.67. The molecule has 148 valence electrons. The van der Waals surface area contributed by atoms with E-state index in [0.717, 1.165) is 68.5 Å². The van der Waals surface area contributed by atoms with Crippen LogP contribution < -0.4 is 14.5 Å². The minimum absolute atomic E-state index is 0.542. The monoisotopic (exact) mass is 389 g/mol. The molecule has 0 amide bonds. The van der Waals surface area contributed by atoms with Crippen molar-refractivity contribution in [3.05, 3.63) is 48.2 Å². The number of aromatic nitrogens is 5. The van der Waals surface area contributed by atoms with Crippen LogP contribution in [0.5, 0.6) is 5.88 Å². The first kappa shape index (κ1) is 17.8. The molecule has 3 aromatic rings. The van der Waals surface area contributed by atoms with Crippen molar-refractivity contribution in [2.75, 3.05) is 43.1 Å². The van der Waals surface area contributed by atoms with Crippen molar-refractivity contribution < 1.29 is 4.74 Å². The topological polar surface area (TPSA) is 80.2 Å². The van der Waals surface area contributed by atoms with Crippen LogP contribution in [0.1, 0.15) is 17.7 Å². The highest BCUT2D eigenvalue weighted by Gasteiger charge is 2.26. The van der Waals surface area contributed by atoms with Crippen molar-refractivity contribution in [3.63, 3.8) is 0 Å². The van der Waals surface area contributed by atoms with E-state index in [2.05, 4.69) is 24.8 Å². The summed E-state index contributed by atoms with van der Waals surface area (Å²) in [5.41, 5.74) is 3.53. The number of aryl methyl sites for hydroxylation is 1. The maximum Gasteiger partial charge on any atom is 0.233 e. The molecule has 1 fully saturated rings. The fraction of sp³-hybridized carbons (Fsp3) is 0.381. The minimum Gasteiger partial charge on any atom is -0.480 e. The number of nitrogens with zero attached hydrogens (tertiary/aromatic N) is 7. The molecular weight excluding hydrogens is 366 g/mol. The molecule has 0 N–H and O–H groups in total. The molecule has 8 heteroatoms. The summed E-state index contributed by atoms with van der Waals surface area (Å²) in [6.45, 7) is 3.51. The van der Waals surface area contributed by atoms with Gasteiger partial charge >= 0.3 is 0 Å². The Bertz CT molecular complexity index is 1000. The summed E-state index contributed by atoms with van der Waals surface area (Å²) in [5, 5.41) is 0. The van der Waals surface area contributed by atoms with Crippen LogP contribution in [0.3, 0.4) is 0 Å². The molecule has 0 unspecified atom stereocenters. The van der Waals surface area contributed by atoms with Crippen molar-refractivity contribution in [2.45, 2.75) is 19.3 Å². The average Bonchev–Trinajstić information content (AvgIpc) is 3.28. The molecule has 4 heterocycles. The van der Waals surface area contributed by atoms with Gasteiger partial charge in [0.05, 0.1) is 19.5 Å². The van der Waals surface area contributed by atoms with E-state index in [9.17, 15) is 0 Å². The first-order valence-electron chi connectivity index (χ1n) is 9.98. The van der Waals surface area contributed by atoms with E-state index in [4.69, 9.17) is 14.7 Å². The van der Waals surface area contributed by atoms with Gasteiger partial charge in [-0.2, -0.15) is 4.98 Å². The lowest BCUT2D eigenvalue weighted by atomic mass is 10.2. The lowest BCUT2D eigenvalue weighted by molar-refractivity contribution is 0.395. The number of hydrogen-bond acceptors (Lipinski definition) is 8. The van der Waals surface area contributed by atoms with E-state index in [-0.39, 0.29) is 0 Å². The number of pyridine rings is 1. The van der Waals surface area contributed by atoms with Gasteiger partial charge < -0.3 is 14.5 Å². The summed E-state index contributed by atoms with van der Waals surface area (Å²) in [4.78, 5) is 27.3. The summed E-state index contributed by atoms with van der Waals surface area (Å²) in [7, 11) is 1.61. The quantitative estimate of drug-likeness (QED) is 0.672. The zero-order chi connectivity index (χ0) is 19.6. The van der Waals surface area contributed by atoms with Gasteiger partial charge in [0.25, 0.3) is 0 Å². The molecular formula is C21H23N7O. The van der Waals surface area contributed by atoms with Gasteiger partial charge in [0.15, 0.2) is 11.6 Å². The summed E-state index contributed by atoms with van der Waals surface area (Å²) in [5.74, 6) is 3.29. The lowest BCUT2D eigenvalue weighted by Gasteiger charge is -2.36. The van der Waals surface area contributed by atoms with Crippen LogP contribution in [-0.2, 0) is 12.8 Å². The Hall–Kier alpha value is -3.29. The van der Waals surface area contributed by atoms with Gasteiger partial charge in [-0.25, -0.2) is 9.97 Å². The van der Waals surface area contributed by atoms with Crippen LogP contribution in [0.15, 0.2) is 36.9 Å². The number of anilines is 2. The van der Waals surface area contributed by atoms with Crippen molar-refractivity contribution in [2.24, 2.45) is 0 Å². The van der Waals surface area contributed by atoms with E-state index in [1.807, 2.05) is 12.1 Å². The fourth-order valence-electron chi connectivity index (χ4n) is 4.04. The molecule has 29 heavy (non-hydrogen) atoms. The number of ether oxygens (including phenoxy) is 1. The maximum atomic E-state index is 5.21. The molecule has 0 saturated carbocycles. The number of fused-ring (bicyclic) bond motifs is 1. The normalized spacial score (nSPS) is 16.0. The first-order chi connectivity index (χ1) is 14.3. The van der Waals surface area contributed by atoms with Crippen LogP contribution >= 0.6 is 0 Å². The molecule has 0 aromatic carbocycles. The number of methoxy groups -OCH3 is 1. The maximum absolute atomic E-state index is 5.21. The number of rotatable bonds is 4. The zero-order valence-corrected chi connectivity index (χ0v) is 16.5. The summed E-state index contributed by atoms with van der Waals surface area (Å²) >= 11 is 0. The third-order valence-corrected chi connectivity index (χ3v) is 5.56. The van der Waals surface area contributed by atoms with Crippen LogP contribution in [0.2, 0.25) is 0 Å². The summed E-state index contributed by atoms with van der Waals surface area (Å²) in [6, 6.07) is 3.94. The van der Waals surface area contributed by atoms with Crippen molar-refractivity contribution in [1.29, 1.82) is 0 Å². The standard InChI is InChI=1S/C21H23N7O/c1-29-19-14-23-13-18(25-19)27-9-11-28(12-10-27)21-16-3-2-4-17(16)24-20(26-21)15-5-7-22-8-6-15/h5-8,13-14H,2-4,9-12H2,1H3. The predicted octanol–water partition coefficient (Wildman–Crippen LogP) is 2.15. The van der Waals surface area contributed by atoms with Crippen molar-refractivity contribution in [1.82, 2.24) is 24.9 Å². The van der Waals surface area contributed by atoms with Crippen LogP contribution in [-0.4, -0.2) is 58.2 Å². The Labute approximate surface area is 169 Å². The highest BCUT2D eigenvalue weighted by Crippen LogP contribution is 2.32. The second kappa shape index (κ2) is 7.62. The van der Waals surface area contributed by atoms with Gasteiger partial charge in [-0.15, -0.1) is 0 Å². The van der Waals surface area contributed by atoms with E-state index in [1.54, 1.807) is 31.9 Å². The Morgan fingerprint density at radius 3 is 2.45 bits per heavy atom. The van der Waals surface area contributed by atoms with E-state index in [1.165, 1.54) is 11.3 Å². The average molecular weight is 389 g/mol. The Morgan fingerprint density at radius 2 is 1.66 bits per heavy atom. The third kappa shape index (κ3) is 3.46. The molecule has 1 aliphatic heterocycles. The van der Waals surface area contributed by atoms with Crippen LogP contribution in [0.4, 0.5) is 11.6 Å². The van der Waals surface area contributed by atoms with E-state index < -0.39 is 0 Å². The summed E-state index contributed by atoms with van der Waals surface area (Å²) in [6.07, 6.45) is 10.2. The minimum atomic E-state index is 0.542. The van der Waals surface area contributed by atoms with Gasteiger partial charge in [-0.05, 0) is 31.4 Å². The van der Waals surface area contributed by atoms with Crippen LogP contribution in [0, 0.1) is 0 Å². The highest BCUT2D eigenvalue weighted by molar-refractivity contribution is 5.61. The molecule has 5 rings (SSSR count). The second-order valence-corrected chi connectivity index (χ2v) is 7.28. The van der Waals surface area contributed by atoms with Gasteiger partial charge in [-0.1, -0.05) is 0 Å². The zero-order valence-electron chi connectivity index (χ0n) is 16.5. The third-order valence-electron chi connectivity index (χ3n) is 5.56. The molecule has 8 nitrogen and oxygen atoms in total. The van der Waals surface area contributed by atoms with Gasteiger partial charge in [0.1, 0.15) is 5.82 Å². The Morgan fingerprint density at radius 1 is 0.862 bits per heavy atom. The SMILES string of the molecule is COc1cncc(N2CCN(c3nc(-c4ccncc4)nc4c3CCC4)CC2)n1. The fourth-order valence-corrected chi connectivity index (χ4v) is 4.04. The second-order valence-electron chi connectivity index (χ2n) is 7.28. The smallest absolute Gasteiger partial charge is 0.233 e. The molecule has 1 saturated heterocycles. The van der Waals surface area contributed by atoms with Gasteiger partial charge in [-0.3, -0.25) is 9.97 Å². The predicted molar refractivity (Wildman–Crippen MR) is 110 cm³/mol. The van der Waals surface area contributed by atoms with Crippen molar-refractivity contribution >= 4 is 11.6 Å². The molecule has 0 atom stereocenters. The van der Waals surface area contributed by atoms with Gasteiger partial charge in [0.2, 0.25) is 5.88 Å². The first-order valence-corrected chi connectivity index (χ1v) is 9.98. The molecule has 3 aromatic heterocycles. The van der Waals surface area contributed by atoms with E-state index in [0.29, 0.717) is 5.88 Å². The summed E-state index contributed by atoms with van der Waals surface area (Å²) < 4.78 is 5.21.